The number of likely N-dealkylation sites (N-methyl/N-ethyl adjacent to an activating group) is 1. The van der Waals surface area contributed by atoms with Crippen molar-refractivity contribution in [3.63, 3.8) is 0 Å². The molecule has 5 nitrogen and oxygen atoms in total. The van der Waals surface area contributed by atoms with E-state index >= 15 is 0 Å². The lowest BCUT2D eigenvalue weighted by Gasteiger charge is -2.20. The van der Waals surface area contributed by atoms with Crippen LogP contribution in [0.4, 0.5) is 10.1 Å². The lowest BCUT2D eigenvalue weighted by molar-refractivity contribution is 0.302. The predicted molar refractivity (Wildman–Crippen MR) is 71.7 cm³/mol. The minimum absolute atomic E-state index is 0.0784. The van der Waals surface area contributed by atoms with E-state index < -0.39 is 15.8 Å². The maximum absolute atomic E-state index is 13.2. The zero-order chi connectivity index (χ0) is 14.2. The summed E-state index contributed by atoms with van der Waals surface area (Å²) in [6, 6.07) is 3.60. The van der Waals surface area contributed by atoms with Crippen LogP contribution < -0.4 is 5.73 Å². The van der Waals surface area contributed by atoms with Crippen molar-refractivity contribution >= 4 is 15.7 Å². The number of benzene rings is 1. The van der Waals surface area contributed by atoms with Gasteiger partial charge in [-0.25, -0.2) is 12.8 Å². The highest BCUT2D eigenvalue weighted by molar-refractivity contribution is 7.89. The summed E-state index contributed by atoms with van der Waals surface area (Å²) in [5.74, 6) is -0.601. The Hall–Kier alpha value is -1.18. The molecule has 0 radical (unpaired) electrons. The van der Waals surface area contributed by atoms with Crippen molar-refractivity contribution in [3.8, 4) is 0 Å². The quantitative estimate of drug-likeness (QED) is 0.832. The number of sulfonamides is 1. The molecule has 1 saturated heterocycles. The second-order valence-electron chi connectivity index (χ2n) is 4.95. The number of nitrogens with zero attached hydrogens (tertiary/aromatic N) is 2. The fourth-order valence-electron chi connectivity index (χ4n) is 2.22. The first kappa shape index (κ1) is 14.2. The highest BCUT2D eigenvalue weighted by Gasteiger charge is 2.34. The van der Waals surface area contributed by atoms with E-state index in [-0.39, 0.29) is 16.6 Å². The molecule has 1 aliphatic rings. The van der Waals surface area contributed by atoms with Gasteiger partial charge in [0.05, 0.1) is 5.69 Å². The van der Waals surface area contributed by atoms with E-state index in [0.717, 1.165) is 18.6 Å². The highest BCUT2D eigenvalue weighted by Crippen LogP contribution is 2.27. The summed E-state index contributed by atoms with van der Waals surface area (Å²) < 4.78 is 39.5. The van der Waals surface area contributed by atoms with Crippen LogP contribution in [0.2, 0.25) is 0 Å². The molecule has 2 rings (SSSR count). The van der Waals surface area contributed by atoms with Crippen LogP contribution in [-0.4, -0.2) is 50.8 Å². The van der Waals surface area contributed by atoms with Crippen LogP contribution in [0.25, 0.3) is 0 Å². The zero-order valence-corrected chi connectivity index (χ0v) is 11.8. The molecule has 1 aliphatic heterocycles. The standard InChI is InChI=1S/C12H18FN3O2S/c1-15(2)10-5-6-16(8-10)19(17,18)12-7-9(13)3-4-11(12)14/h3-4,7,10H,5-6,8,14H2,1-2H3. The molecule has 2 N–H and O–H groups in total. The largest absolute Gasteiger partial charge is 0.398 e. The summed E-state index contributed by atoms with van der Waals surface area (Å²) in [6.45, 7) is 0.840. The summed E-state index contributed by atoms with van der Waals surface area (Å²) in [7, 11) is 0.111. The van der Waals surface area contributed by atoms with Gasteiger partial charge in [-0.2, -0.15) is 4.31 Å². The number of rotatable bonds is 3. The molecule has 106 valence electrons. The summed E-state index contributed by atoms with van der Waals surface area (Å²) in [5, 5.41) is 0. The van der Waals surface area contributed by atoms with Gasteiger partial charge in [-0.3, -0.25) is 0 Å². The third-order valence-corrected chi connectivity index (χ3v) is 5.37. The van der Waals surface area contributed by atoms with Gasteiger partial charge in [-0.15, -0.1) is 0 Å². The van der Waals surface area contributed by atoms with Gasteiger partial charge in [0.25, 0.3) is 0 Å². The van der Waals surface area contributed by atoms with Crippen molar-refractivity contribution in [2.45, 2.75) is 17.4 Å². The summed E-state index contributed by atoms with van der Waals surface area (Å²) in [6.07, 6.45) is 0.765. The van der Waals surface area contributed by atoms with E-state index in [1.165, 1.54) is 10.4 Å². The average molecular weight is 287 g/mol. The second-order valence-corrected chi connectivity index (χ2v) is 6.86. The van der Waals surface area contributed by atoms with Crippen LogP contribution in [0.1, 0.15) is 6.42 Å². The van der Waals surface area contributed by atoms with Gasteiger partial charge in [0.1, 0.15) is 10.7 Å². The maximum atomic E-state index is 13.2. The fraction of sp³-hybridized carbons (Fsp3) is 0.500. The Labute approximate surface area is 112 Å². The molecule has 1 atom stereocenters. The van der Waals surface area contributed by atoms with Crippen molar-refractivity contribution in [3.05, 3.63) is 24.0 Å². The van der Waals surface area contributed by atoms with Crippen molar-refractivity contribution in [2.75, 3.05) is 32.9 Å². The molecule has 1 fully saturated rings. The van der Waals surface area contributed by atoms with Crippen LogP contribution in [0, 0.1) is 5.82 Å². The molecule has 19 heavy (non-hydrogen) atoms. The molecule has 1 aromatic rings. The Morgan fingerprint density at radius 1 is 1.42 bits per heavy atom. The van der Waals surface area contributed by atoms with Crippen molar-refractivity contribution in [1.29, 1.82) is 0 Å². The number of nitrogen functional groups attached to an aromatic ring is 1. The van der Waals surface area contributed by atoms with Crippen molar-refractivity contribution < 1.29 is 12.8 Å². The van der Waals surface area contributed by atoms with Crippen LogP contribution >= 0.6 is 0 Å². The molecule has 0 spiro atoms. The van der Waals surface area contributed by atoms with E-state index in [9.17, 15) is 12.8 Å². The van der Waals surface area contributed by atoms with E-state index in [1.54, 1.807) is 0 Å². The Morgan fingerprint density at radius 2 is 2.11 bits per heavy atom. The smallest absolute Gasteiger partial charge is 0.245 e. The average Bonchev–Trinajstić information content (AvgIpc) is 2.82. The minimum Gasteiger partial charge on any atom is -0.398 e. The molecule has 1 aromatic carbocycles. The molecule has 0 aliphatic carbocycles. The summed E-state index contributed by atoms with van der Waals surface area (Å²) >= 11 is 0. The zero-order valence-electron chi connectivity index (χ0n) is 11.0. The van der Waals surface area contributed by atoms with Gasteiger partial charge < -0.3 is 10.6 Å². The predicted octanol–water partition coefficient (Wildman–Crippen LogP) is 0.733. The highest BCUT2D eigenvalue weighted by atomic mass is 32.2. The van der Waals surface area contributed by atoms with Gasteiger partial charge >= 0.3 is 0 Å². The number of anilines is 1. The third-order valence-electron chi connectivity index (χ3n) is 3.45. The molecule has 1 heterocycles. The Balaban J connectivity index is 2.31. The van der Waals surface area contributed by atoms with E-state index in [1.807, 2.05) is 19.0 Å². The minimum atomic E-state index is -3.72. The summed E-state index contributed by atoms with van der Waals surface area (Å²) in [4.78, 5) is 1.84. The SMILES string of the molecule is CN(C)C1CCN(S(=O)(=O)c2cc(F)ccc2N)C1. The Bertz CT molecular complexity index is 574. The Morgan fingerprint density at radius 3 is 2.68 bits per heavy atom. The van der Waals surface area contributed by atoms with Crippen LogP contribution in [0.15, 0.2) is 23.1 Å². The van der Waals surface area contributed by atoms with Crippen LogP contribution in [-0.2, 0) is 10.0 Å². The number of hydrogen-bond acceptors (Lipinski definition) is 4. The number of halogens is 1. The first-order valence-electron chi connectivity index (χ1n) is 6.04. The monoisotopic (exact) mass is 287 g/mol. The first-order chi connectivity index (χ1) is 8.82. The lowest BCUT2D eigenvalue weighted by atomic mass is 10.2. The summed E-state index contributed by atoms with van der Waals surface area (Å²) in [5.41, 5.74) is 5.73. The van der Waals surface area contributed by atoms with Crippen molar-refractivity contribution in [2.24, 2.45) is 0 Å². The molecule has 1 unspecified atom stereocenters. The molecule has 7 heteroatoms. The first-order valence-corrected chi connectivity index (χ1v) is 7.48. The maximum Gasteiger partial charge on any atom is 0.245 e. The second kappa shape index (κ2) is 5.07. The van der Waals surface area contributed by atoms with E-state index in [2.05, 4.69) is 0 Å². The van der Waals surface area contributed by atoms with Gasteiger partial charge in [0, 0.05) is 19.1 Å². The molecule has 0 amide bonds. The van der Waals surface area contributed by atoms with Crippen molar-refractivity contribution in [1.82, 2.24) is 9.21 Å². The molecule has 0 bridgehead atoms. The van der Waals surface area contributed by atoms with Gasteiger partial charge in [-0.05, 0) is 38.7 Å². The molecule has 0 saturated carbocycles. The molecular weight excluding hydrogens is 269 g/mol. The van der Waals surface area contributed by atoms with E-state index in [4.69, 9.17) is 5.73 Å². The van der Waals surface area contributed by atoms with Crippen LogP contribution in [0.3, 0.4) is 0 Å². The Kier molecular flexibility index (Phi) is 3.80. The van der Waals surface area contributed by atoms with Crippen LogP contribution in [0.5, 0.6) is 0 Å². The van der Waals surface area contributed by atoms with Gasteiger partial charge in [0.2, 0.25) is 10.0 Å². The van der Waals surface area contributed by atoms with Gasteiger partial charge in [0.15, 0.2) is 0 Å². The number of hydrogen-bond donors (Lipinski definition) is 1. The topological polar surface area (TPSA) is 66.6 Å². The van der Waals surface area contributed by atoms with E-state index in [0.29, 0.717) is 13.1 Å². The molecule has 0 aromatic heterocycles. The normalized spacial score (nSPS) is 21.2. The lowest BCUT2D eigenvalue weighted by Crippen LogP contribution is -2.34. The number of nitrogens with two attached hydrogens (primary N) is 1. The molecular formula is C12H18FN3O2S. The van der Waals surface area contributed by atoms with Gasteiger partial charge in [-0.1, -0.05) is 0 Å². The third kappa shape index (κ3) is 2.72. The fourth-order valence-corrected chi connectivity index (χ4v) is 3.84.